The van der Waals surface area contributed by atoms with Crippen molar-refractivity contribution in [3.8, 4) is 0 Å². The molecule has 9 heteroatoms. The Morgan fingerprint density at radius 2 is 1.85 bits per heavy atom. The van der Waals surface area contributed by atoms with Gasteiger partial charge in [0.25, 0.3) is 11.6 Å². The van der Waals surface area contributed by atoms with E-state index in [4.69, 9.17) is 14.0 Å². The number of fused-ring (bicyclic) bond motifs is 1. The van der Waals surface area contributed by atoms with Crippen LogP contribution in [0.1, 0.15) is 54.4 Å². The van der Waals surface area contributed by atoms with E-state index in [0.717, 1.165) is 18.5 Å². The normalized spacial score (nSPS) is 13.6. The van der Waals surface area contributed by atoms with E-state index in [1.165, 1.54) is 0 Å². The Balaban J connectivity index is 1.94. The molecule has 3 rings (SSSR count). The van der Waals surface area contributed by atoms with Gasteiger partial charge in [-0.2, -0.15) is 0 Å². The van der Waals surface area contributed by atoms with Crippen LogP contribution in [0, 0.1) is 6.92 Å². The minimum atomic E-state index is -1.55. The van der Waals surface area contributed by atoms with E-state index >= 15 is 0 Å². The molecule has 1 fully saturated rings. The van der Waals surface area contributed by atoms with Crippen molar-refractivity contribution in [1.82, 2.24) is 15.5 Å². The summed E-state index contributed by atoms with van der Waals surface area (Å²) in [7, 11) is 0. The first kappa shape index (κ1) is 18.8. The summed E-state index contributed by atoms with van der Waals surface area (Å²) in [6, 6.07) is 0.109. The molecule has 1 amide bonds. The Labute approximate surface area is 155 Å². The molecule has 27 heavy (non-hydrogen) atoms. The number of aromatic nitrogens is 2. The maximum absolute atomic E-state index is 12.9. The zero-order chi connectivity index (χ0) is 19.6. The lowest BCUT2D eigenvalue weighted by molar-refractivity contribution is -0.157. The molecule has 1 aliphatic rings. The average Bonchev–Trinajstić information content (AvgIpc) is 3.43. The molecule has 0 saturated heterocycles. The van der Waals surface area contributed by atoms with Crippen LogP contribution in [0.2, 0.25) is 0 Å². The molecule has 0 aromatic carbocycles. The second kappa shape index (κ2) is 7.73. The number of hydrogen-bond acceptors (Lipinski definition) is 8. The molecule has 0 unspecified atom stereocenters. The summed E-state index contributed by atoms with van der Waals surface area (Å²) in [6.07, 6.45) is 1.97. The summed E-state index contributed by atoms with van der Waals surface area (Å²) in [6.45, 7) is 5.05. The number of nitrogens with one attached hydrogen (secondary N) is 1. The van der Waals surface area contributed by atoms with Crippen molar-refractivity contribution in [3.63, 3.8) is 0 Å². The molecule has 1 N–H and O–H groups in total. The Morgan fingerprint density at radius 1 is 1.22 bits per heavy atom. The van der Waals surface area contributed by atoms with Gasteiger partial charge in [-0.15, -0.1) is 0 Å². The van der Waals surface area contributed by atoms with E-state index in [1.807, 2.05) is 0 Å². The fourth-order valence-electron chi connectivity index (χ4n) is 2.76. The second-order valence-electron chi connectivity index (χ2n) is 6.23. The highest BCUT2D eigenvalue weighted by Gasteiger charge is 2.34. The number of rotatable bonds is 7. The summed E-state index contributed by atoms with van der Waals surface area (Å²) in [4.78, 5) is 41.5. The van der Waals surface area contributed by atoms with Crippen LogP contribution in [0.3, 0.4) is 0 Å². The molecule has 1 aliphatic carbocycles. The van der Waals surface area contributed by atoms with Gasteiger partial charge in [-0.3, -0.25) is 4.79 Å². The van der Waals surface area contributed by atoms with Gasteiger partial charge in [-0.25, -0.2) is 14.6 Å². The zero-order valence-electron chi connectivity index (χ0n) is 15.4. The topological polar surface area (TPSA) is 121 Å². The van der Waals surface area contributed by atoms with Crippen molar-refractivity contribution >= 4 is 28.9 Å². The van der Waals surface area contributed by atoms with Crippen LogP contribution in [0.4, 0.5) is 0 Å². The third kappa shape index (κ3) is 3.91. The first-order valence-corrected chi connectivity index (χ1v) is 8.87. The Hall–Kier alpha value is -2.97. The molecule has 0 atom stereocenters. The van der Waals surface area contributed by atoms with Crippen LogP contribution < -0.4 is 5.32 Å². The molecular weight excluding hydrogens is 354 g/mol. The van der Waals surface area contributed by atoms with Gasteiger partial charge in [0, 0.05) is 11.6 Å². The number of carbonyl (C=O) groups is 3. The summed E-state index contributed by atoms with van der Waals surface area (Å²) >= 11 is 0. The van der Waals surface area contributed by atoms with Gasteiger partial charge in [0.1, 0.15) is 0 Å². The largest absolute Gasteiger partial charge is 0.464 e. The minimum Gasteiger partial charge on any atom is -0.464 e. The van der Waals surface area contributed by atoms with E-state index in [1.54, 1.807) is 26.8 Å². The van der Waals surface area contributed by atoms with Crippen molar-refractivity contribution in [2.75, 3.05) is 13.2 Å². The second-order valence-corrected chi connectivity index (χ2v) is 6.23. The summed E-state index contributed by atoms with van der Waals surface area (Å²) in [5, 5.41) is 6.73. The van der Waals surface area contributed by atoms with Crippen molar-refractivity contribution in [3.05, 3.63) is 23.0 Å². The standard InChI is InChI=1S/C18H21N3O6/c1-4-25-17(23)14(18(24)26-5-2)20-15(22)11-8-12(10-6-7-10)19-16-13(11)9(3)21-27-16/h8,10,14H,4-7H2,1-3H3,(H,20,22). The maximum Gasteiger partial charge on any atom is 0.340 e. The van der Waals surface area contributed by atoms with Crippen LogP contribution in [0.25, 0.3) is 11.1 Å². The highest BCUT2D eigenvalue weighted by molar-refractivity contribution is 6.10. The smallest absolute Gasteiger partial charge is 0.340 e. The number of aryl methyl sites for hydroxylation is 1. The quantitative estimate of drug-likeness (QED) is 0.573. The highest BCUT2D eigenvalue weighted by Crippen LogP contribution is 2.40. The SMILES string of the molecule is CCOC(=O)C(NC(=O)c1cc(C2CC2)nc2onc(C)c12)C(=O)OCC. The third-order valence-corrected chi connectivity index (χ3v) is 4.20. The Morgan fingerprint density at radius 3 is 2.41 bits per heavy atom. The third-order valence-electron chi connectivity index (χ3n) is 4.20. The molecule has 0 spiro atoms. The number of amides is 1. The van der Waals surface area contributed by atoms with E-state index < -0.39 is 23.9 Å². The number of hydrogen-bond donors (Lipinski definition) is 1. The van der Waals surface area contributed by atoms with Gasteiger partial charge in [0.05, 0.1) is 29.9 Å². The number of esters is 2. The maximum atomic E-state index is 12.9. The van der Waals surface area contributed by atoms with E-state index in [2.05, 4.69) is 15.5 Å². The molecule has 0 aliphatic heterocycles. The first-order valence-electron chi connectivity index (χ1n) is 8.87. The van der Waals surface area contributed by atoms with Gasteiger partial charge in [0.2, 0.25) is 6.04 Å². The first-order chi connectivity index (χ1) is 13.0. The van der Waals surface area contributed by atoms with E-state index in [0.29, 0.717) is 11.1 Å². The molecule has 2 aromatic heterocycles. The minimum absolute atomic E-state index is 0.0701. The summed E-state index contributed by atoms with van der Waals surface area (Å²) in [5.74, 6) is -2.10. The Kier molecular flexibility index (Phi) is 5.38. The summed E-state index contributed by atoms with van der Waals surface area (Å²) < 4.78 is 15.0. The van der Waals surface area contributed by atoms with Crippen LogP contribution in [0.5, 0.6) is 0 Å². The van der Waals surface area contributed by atoms with Crippen LogP contribution >= 0.6 is 0 Å². The summed E-state index contributed by atoms with van der Waals surface area (Å²) in [5.41, 5.74) is 1.73. The average molecular weight is 375 g/mol. The lowest BCUT2D eigenvalue weighted by Gasteiger charge is -2.16. The van der Waals surface area contributed by atoms with Gasteiger partial charge < -0.3 is 19.3 Å². The van der Waals surface area contributed by atoms with Crippen LogP contribution in [-0.4, -0.2) is 47.2 Å². The molecular formula is C18H21N3O6. The monoisotopic (exact) mass is 375 g/mol. The fourth-order valence-corrected chi connectivity index (χ4v) is 2.76. The Bertz CT molecular complexity index is 869. The zero-order valence-corrected chi connectivity index (χ0v) is 15.4. The molecule has 2 aromatic rings. The van der Waals surface area contributed by atoms with Gasteiger partial charge in [-0.1, -0.05) is 5.16 Å². The number of nitrogens with zero attached hydrogens (tertiary/aromatic N) is 2. The van der Waals surface area contributed by atoms with Gasteiger partial charge >= 0.3 is 11.9 Å². The number of carbonyl (C=O) groups excluding carboxylic acids is 3. The predicted molar refractivity (Wildman–Crippen MR) is 93.0 cm³/mol. The van der Waals surface area contributed by atoms with Crippen molar-refractivity contribution < 1.29 is 28.4 Å². The van der Waals surface area contributed by atoms with E-state index in [9.17, 15) is 14.4 Å². The predicted octanol–water partition coefficient (Wildman–Crippen LogP) is 1.63. The van der Waals surface area contributed by atoms with Crippen LogP contribution in [-0.2, 0) is 19.1 Å². The molecule has 0 bridgehead atoms. The molecule has 2 heterocycles. The molecule has 144 valence electrons. The van der Waals surface area contributed by atoms with Crippen molar-refractivity contribution in [2.24, 2.45) is 0 Å². The van der Waals surface area contributed by atoms with Crippen molar-refractivity contribution in [2.45, 2.75) is 45.6 Å². The van der Waals surface area contributed by atoms with Gasteiger partial charge in [-0.05, 0) is 39.7 Å². The highest BCUT2D eigenvalue weighted by atomic mass is 16.6. The molecule has 1 saturated carbocycles. The lowest BCUT2D eigenvalue weighted by atomic mass is 10.1. The fraction of sp³-hybridized carbons (Fsp3) is 0.500. The lowest BCUT2D eigenvalue weighted by Crippen LogP contribution is -2.48. The molecule has 0 radical (unpaired) electrons. The van der Waals surface area contributed by atoms with E-state index in [-0.39, 0.29) is 30.4 Å². The molecule has 9 nitrogen and oxygen atoms in total. The van der Waals surface area contributed by atoms with Gasteiger partial charge in [0.15, 0.2) is 0 Å². The van der Waals surface area contributed by atoms with Crippen LogP contribution in [0.15, 0.2) is 10.6 Å². The number of ether oxygens (including phenoxy) is 2. The number of pyridine rings is 1. The van der Waals surface area contributed by atoms with Crippen molar-refractivity contribution in [1.29, 1.82) is 0 Å².